The maximum atomic E-state index is 10.9. The van der Waals surface area contributed by atoms with Crippen molar-refractivity contribution in [2.45, 2.75) is 51.6 Å². The van der Waals surface area contributed by atoms with E-state index >= 15 is 0 Å². The van der Waals surface area contributed by atoms with Crippen molar-refractivity contribution in [3.05, 3.63) is 29.6 Å². The highest BCUT2D eigenvalue weighted by Crippen LogP contribution is 2.26. The fourth-order valence-electron chi connectivity index (χ4n) is 2.90. The molecule has 0 aromatic carbocycles. The SMILES string of the molecule is CCC1CCCCC1NCc1cccc(C(=O)O)n1. The molecule has 0 saturated heterocycles. The lowest BCUT2D eigenvalue weighted by atomic mass is 9.83. The van der Waals surface area contributed by atoms with E-state index in [1.54, 1.807) is 6.07 Å². The number of hydrogen-bond acceptors (Lipinski definition) is 3. The topological polar surface area (TPSA) is 62.2 Å². The number of aromatic nitrogens is 1. The lowest BCUT2D eigenvalue weighted by Gasteiger charge is -2.31. The third kappa shape index (κ3) is 3.77. The second-order valence-corrected chi connectivity index (χ2v) is 5.26. The second kappa shape index (κ2) is 6.66. The number of nitrogens with zero attached hydrogens (tertiary/aromatic N) is 1. The van der Waals surface area contributed by atoms with Crippen LogP contribution in [0.1, 0.15) is 55.2 Å². The van der Waals surface area contributed by atoms with E-state index in [1.807, 2.05) is 6.07 Å². The zero-order chi connectivity index (χ0) is 13.7. The van der Waals surface area contributed by atoms with Crippen molar-refractivity contribution in [3.63, 3.8) is 0 Å². The molecular formula is C15H22N2O2. The summed E-state index contributed by atoms with van der Waals surface area (Å²) in [6.45, 7) is 2.90. The summed E-state index contributed by atoms with van der Waals surface area (Å²) < 4.78 is 0. The molecule has 1 aromatic rings. The summed E-state index contributed by atoms with van der Waals surface area (Å²) in [6.07, 6.45) is 6.36. The van der Waals surface area contributed by atoms with Crippen LogP contribution in [0.4, 0.5) is 0 Å². The molecule has 2 atom stereocenters. The van der Waals surface area contributed by atoms with Gasteiger partial charge >= 0.3 is 5.97 Å². The summed E-state index contributed by atoms with van der Waals surface area (Å²) in [5.41, 5.74) is 0.926. The molecule has 19 heavy (non-hydrogen) atoms. The van der Waals surface area contributed by atoms with Crippen molar-refractivity contribution in [1.29, 1.82) is 0 Å². The molecular weight excluding hydrogens is 240 g/mol. The molecule has 4 nitrogen and oxygen atoms in total. The Hall–Kier alpha value is -1.42. The first-order valence-electron chi connectivity index (χ1n) is 7.13. The Morgan fingerprint density at radius 2 is 2.21 bits per heavy atom. The van der Waals surface area contributed by atoms with Crippen LogP contribution in [0.5, 0.6) is 0 Å². The van der Waals surface area contributed by atoms with Gasteiger partial charge in [-0.3, -0.25) is 0 Å². The number of hydrogen-bond donors (Lipinski definition) is 2. The predicted molar refractivity (Wildman–Crippen MR) is 74.1 cm³/mol. The van der Waals surface area contributed by atoms with Gasteiger partial charge < -0.3 is 10.4 Å². The van der Waals surface area contributed by atoms with Crippen LogP contribution in [0.3, 0.4) is 0 Å². The Labute approximate surface area is 114 Å². The molecule has 1 aromatic heterocycles. The molecule has 2 unspecified atom stereocenters. The maximum Gasteiger partial charge on any atom is 0.354 e. The number of pyridine rings is 1. The van der Waals surface area contributed by atoms with Gasteiger partial charge in [-0.05, 0) is 30.9 Å². The third-order valence-electron chi connectivity index (χ3n) is 4.00. The minimum Gasteiger partial charge on any atom is -0.477 e. The molecule has 104 valence electrons. The molecule has 0 spiro atoms. The molecule has 4 heteroatoms. The van der Waals surface area contributed by atoms with Gasteiger partial charge in [0.15, 0.2) is 0 Å². The minimum atomic E-state index is -0.967. The molecule has 2 rings (SSSR count). The number of carboxylic acids is 1. The lowest BCUT2D eigenvalue weighted by molar-refractivity contribution is 0.0690. The molecule has 1 heterocycles. The van der Waals surface area contributed by atoms with E-state index < -0.39 is 5.97 Å². The van der Waals surface area contributed by atoms with E-state index in [0.29, 0.717) is 12.6 Å². The smallest absolute Gasteiger partial charge is 0.354 e. The Bertz CT molecular complexity index is 434. The first kappa shape index (κ1) is 14.0. The van der Waals surface area contributed by atoms with E-state index in [0.717, 1.165) is 11.6 Å². The summed E-state index contributed by atoms with van der Waals surface area (Å²) in [6, 6.07) is 5.71. The van der Waals surface area contributed by atoms with Crippen LogP contribution in [0.25, 0.3) is 0 Å². The summed E-state index contributed by atoms with van der Waals surface area (Å²) in [5.74, 6) is -0.220. The number of nitrogens with one attached hydrogen (secondary N) is 1. The van der Waals surface area contributed by atoms with Gasteiger partial charge in [0.25, 0.3) is 0 Å². The van der Waals surface area contributed by atoms with Gasteiger partial charge in [-0.1, -0.05) is 32.3 Å². The zero-order valence-corrected chi connectivity index (χ0v) is 11.4. The number of carboxylic acid groups (broad SMARTS) is 1. The molecule has 2 N–H and O–H groups in total. The first-order chi connectivity index (χ1) is 9.20. The normalized spacial score (nSPS) is 23.2. The van der Waals surface area contributed by atoms with Crippen molar-refractivity contribution >= 4 is 5.97 Å². The quantitative estimate of drug-likeness (QED) is 0.856. The summed E-state index contributed by atoms with van der Waals surface area (Å²) >= 11 is 0. The van der Waals surface area contributed by atoms with Crippen LogP contribution in [0.15, 0.2) is 18.2 Å². The van der Waals surface area contributed by atoms with Crippen molar-refractivity contribution < 1.29 is 9.90 Å². The Balaban J connectivity index is 1.94. The van der Waals surface area contributed by atoms with Gasteiger partial charge in [-0.25, -0.2) is 9.78 Å². The van der Waals surface area contributed by atoms with Crippen molar-refractivity contribution in [3.8, 4) is 0 Å². The first-order valence-corrected chi connectivity index (χ1v) is 7.13. The molecule has 0 amide bonds. The summed E-state index contributed by atoms with van der Waals surface area (Å²) in [4.78, 5) is 15.0. The third-order valence-corrected chi connectivity index (χ3v) is 4.00. The van der Waals surface area contributed by atoms with Crippen LogP contribution in [-0.4, -0.2) is 22.1 Å². The highest BCUT2D eigenvalue weighted by molar-refractivity contribution is 5.85. The Kier molecular flexibility index (Phi) is 4.91. The highest BCUT2D eigenvalue weighted by Gasteiger charge is 2.22. The van der Waals surface area contributed by atoms with E-state index in [2.05, 4.69) is 17.2 Å². The fraction of sp³-hybridized carbons (Fsp3) is 0.600. The van der Waals surface area contributed by atoms with Gasteiger partial charge in [0.05, 0.1) is 5.69 Å². The average Bonchev–Trinajstić information content (AvgIpc) is 2.45. The molecule has 0 aliphatic heterocycles. The van der Waals surface area contributed by atoms with Gasteiger partial charge in [0, 0.05) is 12.6 Å². The average molecular weight is 262 g/mol. The van der Waals surface area contributed by atoms with Gasteiger partial charge in [0.2, 0.25) is 0 Å². The molecule has 1 saturated carbocycles. The standard InChI is InChI=1S/C15H22N2O2/c1-2-11-6-3-4-8-13(11)16-10-12-7-5-9-14(17-12)15(18)19/h5,7,9,11,13,16H,2-4,6,8,10H2,1H3,(H,18,19). The molecule has 1 aliphatic carbocycles. The summed E-state index contributed by atoms with van der Waals surface area (Å²) in [7, 11) is 0. The lowest BCUT2D eigenvalue weighted by Crippen LogP contribution is -2.38. The van der Waals surface area contributed by atoms with E-state index in [4.69, 9.17) is 5.11 Å². The van der Waals surface area contributed by atoms with Crippen molar-refractivity contribution in [1.82, 2.24) is 10.3 Å². The van der Waals surface area contributed by atoms with Crippen LogP contribution in [0, 0.1) is 5.92 Å². The van der Waals surface area contributed by atoms with E-state index in [1.165, 1.54) is 38.2 Å². The second-order valence-electron chi connectivity index (χ2n) is 5.26. The van der Waals surface area contributed by atoms with Crippen LogP contribution >= 0.6 is 0 Å². The van der Waals surface area contributed by atoms with Gasteiger partial charge in [-0.2, -0.15) is 0 Å². The van der Waals surface area contributed by atoms with Gasteiger partial charge in [-0.15, -0.1) is 0 Å². The maximum absolute atomic E-state index is 10.9. The molecule has 0 bridgehead atoms. The predicted octanol–water partition coefficient (Wildman–Crippen LogP) is 2.84. The monoisotopic (exact) mass is 262 g/mol. The largest absolute Gasteiger partial charge is 0.477 e. The number of aromatic carboxylic acids is 1. The number of rotatable bonds is 5. The molecule has 1 fully saturated rings. The van der Waals surface area contributed by atoms with Crippen LogP contribution in [0.2, 0.25) is 0 Å². The number of carbonyl (C=O) groups is 1. The Morgan fingerprint density at radius 1 is 1.42 bits per heavy atom. The van der Waals surface area contributed by atoms with Crippen LogP contribution < -0.4 is 5.32 Å². The minimum absolute atomic E-state index is 0.120. The van der Waals surface area contributed by atoms with Crippen molar-refractivity contribution in [2.24, 2.45) is 5.92 Å². The van der Waals surface area contributed by atoms with Crippen LogP contribution in [-0.2, 0) is 6.54 Å². The van der Waals surface area contributed by atoms with Crippen molar-refractivity contribution in [2.75, 3.05) is 0 Å². The fourth-order valence-corrected chi connectivity index (χ4v) is 2.90. The Morgan fingerprint density at radius 3 is 2.95 bits per heavy atom. The zero-order valence-electron chi connectivity index (χ0n) is 11.4. The van der Waals surface area contributed by atoms with E-state index in [9.17, 15) is 4.79 Å². The van der Waals surface area contributed by atoms with E-state index in [-0.39, 0.29) is 5.69 Å². The summed E-state index contributed by atoms with van der Waals surface area (Å²) in [5, 5.41) is 12.5. The highest BCUT2D eigenvalue weighted by atomic mass is 16.4. The molecule has 1 aliphatic rings. The molecule has 0 radical (unpaired) electrons. The van der Waals surface area contributed by atoms with Gasteiger partial charge in [0.1, 0.15) is 5.69 Å².